The van der Waals surface area contributed by atoms with Crippen molar-refractivity contribution in [3.63, 3.8) is 0 Å². The van der Waals surface area contributed by atoms with Crippen molar-refractivity contribution in [3.05, 3.63) is 48.4 Å². The van der Waals surface area contributed by atoms with Crippen LogP contribution in [0.3, 0.4) is 0 Å². The van der Waals surface area contributed by atoms with Gasteiger partial charge in [-0.05, 0) is 44.2 Å². The van der Waals surface area contributed by atoms with Crippen LogP contribution in [0.2, 0.25) is 0 Å². The highest BCUT2D eigenvalue weighted by molar-refractivity contribution is 5.86. The number of benzene rings is 2. The van der Waals surface area contributed by atoms with Gasteiger partial charge in [0.2, 0.25) is 11.7 Å². The lowest BCUT2D eigenvalue weighted by atomic mass is 10.1. The van der Waals surface area contributed by atoms with E-state index in [9.17, 15) is 4.79 Å². The van der Waals surface area contributed by atoms with Crippen molar-refractivity contribution in [1.82, 2.24) is 25.7 Å². The zero-order valence-electron chi connectivity index (χ0n) is 16.3. The number of carbonyl (C=O) groups excluding carboxylic acids is 1. The minimum absolute atomic E-state index is 0.00828. The van der Waals surface area contributed by atoms with Crippen LogP contribution in [-0.4, -0.2) is 46.7 Å². The molecule has 2 unspecified atom stereocenters. The van der Waals surface area contributed by atoms with E-state index in [4.69, 9.17) is 4.52 Å². The monoisotopic (exact) mass is 379 g/mol. The van der Waals surface area contributed by atoms with Crippen molar-refractivity contribution in [2.45, 2.75) is 38.4 Å². The third-order valence-corrected chi connectivity index (χ3v) is 5.04. The Bertz CT molecular complexity index is 984. The summed E-state index contributed by atoms with van der Waals surface area (Å²) in [7, 11) is 2.01. The molecule has 7 nitrogen and oxygen atoms in total. The SMILES string of the molecule is CC(C)NC(=O)NC1CC(c2nc(-c3ccc4ccccc4c3)no2)N(C)C1. The van der Waals surface area contributed by atoms with Gasteiger partial charge in [-0.25, -0.2) is 4.79 Å². The molecule has 2 atom stereocenters. The van der Waals surface area contributed by atoms with Crippen LogP contribution in [0.4, 0.5) is 4.79 Å². The van der Waals surface area contributed by atoms with Crippen LogP contribution in [0, 0.1) is 0 Å². The summed E-state index contributed by atoms with van der Waals surface area (Å²) in [6.45, 7) is 4.62. The summed E-state index contributed by atoms with van der Waals surface area (Å²) >= 11 is 0. The van der Waals surface area contributed by atoms with Crippen molar-refractivity contribution >= 4 is 16.8 Å². The average Bonchev–Trinajstić information content (AvgIpc) is 3.27. The number of hydrogen-bond donors (Lipinski definition) is 2. The molecule has 0 spiro atoms. The minimum Gasteiger partial charge on any atom is -0.337 e. The standard InChI is InChI=1S/C21H25N5O2/c1-13(2)22-21(27)23-17-11-18(26(3)12-17)20-24-19(25-28-20)16-9-8-14-6-4-5-7-15(14)10-16/h4-10,13,17-18H,11-12H2,1-3H3,(H2,22,23,27). The third kappa shape index (κ3) is 3.84. The number of aromatic nitrogens is 2. The maximum absolute atomic E-state index is 12.0. The lowest BCUT2D eigenvalue weighted by Crippen LogP contribution is -2.45. The summed E-state index contributed by atoms with van der Waals surface area (Å²) in [5.74, 6) is 1.17. The molecule has 1 aromatic heterocycles. The topological polar surface area (TPSA) is 83.3 Å². The zero-order chi connectivity index (χ0) is 19.7. The van der Waals surface area contributed by atoms with Gasteiger partial charge >= 0.3 is 6.03 Å². The number of nitrogens with one attached hydrogen (secondary N) is 2. The van der Waals surface area contributed by atoms with E-state index in [0.29, 0.717) is 11.7 Å². The van der Waals surface area contributed by atoms with Crippen molar-refractivity contribution in [3.8, 4) is 11.4 Å². The maximum atomic E-state index is 12.0. The molecular weight excluding hydrogens is 354 g/mol. The van der Waals surface area contributed by atoms with Gasteiger partial charge in [0.15, 0.2) is 0 Å². The van der Waals surface area contributed by atoms with E-state index in [1.54, 1.807) is 0 Å². The Morgan fingerprint density at radius 2 is 2.00 bits per heavy atom. The van der Waals surface area contributed by atoms with Gasteiger partial charge < -0.3 is 15.2 Å². The molecule has 1 fully saturated rings. The lowest BCUT2D eigenvalue weighted by Gasteiger charge is -2.15. The quantitative estimate of drug-likeness (QED) is 0.726. The second-order valence-electron chi connectivity index (χ2n) is 7.68. The number of likely N-dealkylation sites (N-methyl/N-ethyl adjacent to an activating group) is 1. The normalized spacial score (nSPS) is 20.0. The molecule has 7 heteroatoms. The number of urea groups is 1. The van der Waals surface area contributed by atoms with Gasteiger partial charge in [0, 0.05) is 24.2 Å². The van der Waals surface area contributed by atoms with E-state index in [1.165, 1.54) is 5.39 Å². The predicted molar refractivity (Wildman–Crippen MR) is 108 cm³/mol. The number of carbonyl (C=O) groups is 1. The second kappa shape index (κ2) is 7.59. The molecule has 3 aromatic rings. The molecule has 1 saturated heterocycles. The van der Waals surface area contributed by atoms with Gasteiger partial charge in [-0.15, -0.1) is 0 Å². The summed E-state index contributed by atoms with van der Waals surface area (Å²) in [6.07, 6.45) is 0.737. The Balaban J connectivity index is 1.48. The molecular formula is C21H25N5O2. The molecule has 1 aliphatic rings. The minimum atomic E-state index is -0.142. The van der Waals surface area contributed by atoms with E-state index in [-0.39, 0.29) is 24.2 Å². The Hall–Kier alpha value is -2.93. The highest BCUT2D eigenvalue weighted by Crippen LogP contribution is 2.31. The first-order valence-electron chi connectivity index (χ1n) is 9.59. The Morgan fingerprint density at radius 3 is 2.79 bits per heavy atom. The van der Waals surface area contributed by atoms with Crippen LogP contribution in [0.1, 0.15) is 32.2 Å². The average molecular weight is 379 g/mol. The van der Waals surface area contributed by atoms with Gasteiger partial charge in [-0.2, -0.15) is 4.98 Å². The molecule has 0 radical (unpaired) electrons. The fraction of sp³-hybridized carbons (Fsp3) is 0.381. The van der Waals surface area contributed by atoms with E-state index in [1.807, 2.05) is 39.1 Å². The highest BCUT2D eigenvalue weighted by atomic mass is 16.5. The number of rotatable bonds is 4. The van der Waals surface area contributed by atoms with Gasteiger partial charge in [0.05, 0.1) is 6.04 Å². The summed E-state index contributed by atoms with van der Waals surface area (Å²) < 4.78 is 5.57. The number of fused-ring (bicyclic) bond motifs is 1. The van der Waals surface area contributed by atoms with Crippen LogP contribution in [0.25, 0.3) is 22.2 Å². The predicted octanol–water partition coefficient (Wildman–Crippen LogP) is 3.34. The van der Waals surface area contributed by atoms with Crippen molar-refractivity contribution < 1.29 is 9.32 Å². The summed E-state index contributed by atoms with van der Waals surface area (Å²) in [4.78, 5) is 18.7. The van der Waals surface area contributed by atoms with Gasteiger partial charge in [-0.3, -0.25) is 4.90 Å². The molecule has 0 saturated carbocycles. The highest BCUT2D eigenvalue weighted by Gasteiger charge is 2.35. The van der Waals surface area contributed by atoms with Gasteiger partial charge in [0.1, 0.15) is 0 Å². The number of hydrogen-bond acceptors (Lipinski definition) is 5. The Kier molecular flexibility index (Phi) is 5.00. The first-order valence-corrected chi connectivity index (χ1v) is 9.59. The molecule has 28 heavy (non-hydrogen) atoms. The molecule has 0 bridgehead atoms. The fourth-order valence-electron chi connectivity index (χ4n) is 3.70. The molecule has 2 heterocycles. The Labute approximate surface area is 164 Å². The van der Waals surface area contributed by atoms with Crippen LogP contribution < -0.4 is 10.6 Å². The van der Waals surface area contributed by atoms with E-state index < -0.39 is 0 Å². The lowest BCUT2D eigenvalue weighted by molar-refractivity contribution is 0.234. The van der Waals surface area contributed by atoms with Crippen molar-refractivity contribution in [1.29, 1.82) is 0 Å². The molecule has 2 aromatic carbocycles. The number of amides is 2. The molecule has 1 aliphatic heterocycles. The van der Waals surface area contributed by atoms with Gasteiger partial charge in [0.25, 0.3) is 0 Å². The first-order chi connectivity index (χ1) is 13.5. The summed E-state index contributed by atoms with van der Waals surface area (Å²) in [6, 6.07) is 14.3. The van der Waals surface area contributed by atoms with E-state index in [0.717, 1.165) is 23.9 Å². The zero-order valence-corrected chi connectivity index (χ0v) is 16.3. The molecule has 4 rings (SSSR count). The molecule has 2 N–H and O–H groups in total. The number of likely N-dealkylation sites (tertiary alicyclic amines) is 1. The van der Waals surface area contributed by atoms with E-state index in [2.05, 4.69) is 49.9 Å². The summed E-state index contributed by atoms with van der Waals surface area (Å²) in [5, 5.41) is 12.4. The fourth-order valence-corrected chi connectivity index (χ4v) is 3.70. The maximum Gasteiger partial charge on any atom is 0.315 e. The first kappa shape index (κ1) is 18.4. The largest absolute Gasteiger partial charge is 0.337 e. The van der Waals surface area contributed by atoms with Crippen LogP contribution in [-0.2, 0) is 0 Å². The number of nitrogens with zero attached hydrogens (tertiary/aromatic N) is 3. The Morgan fingerprint density at radius 1 is 1.21 bits per heavy atom. The van der Waals surface area contributed by atoms with E-state index >= 15 is 0 Å². The van der Waals surface area contributed by atoms with Crippen molar-refractivity contribution in [2.24, 2.45) is 0 Å². The summed E-state index contributed by atoms with van der Waals surface area (Å²) in [5.41, 5.74) is 0.931. The van der Waals surface area contributed by atoms with Crippen LogP contribution in [0.5, 0.6) is 0 Å². The molecule has 2 amide bonds. The molecule has 146 valence electrons. The smallest absolute Gasteiger partial charge is 0.315 e. The van der Waals surface area contributed by atoms with Crippen molar-refractivity contribution in [2.75, 3.05) is 13.6 Å². The molecule has 0 aliphatic carbocycles. The van der Waals surface area contributed by atoms with Crippen LogP contribution >= 0.6 is 0 Å². The van der Waals surface area contributed by atoms with Gasteiger partial charge in [-0.1, -0.05) is 41.6 Å². The van der Waals surface area contributed by atoms with Crippen LogP contribution in [0.15, 0.2) is 47.0 Å². The second-order valence-corrected chi connectivity index (χ2v) is 7.68. The third-order valence-electron chi connectivity index (χ3n) is 5.04.